The second-order valence-corrected chi connectivity index (χ2v) is 4.22. The Kier molecular flexibility index (Phi) is 4.14. The fourth-order valence-electron chi connectivity index (χ4n) is 0.453. The van der Waals surface area contributed by atoms with Crippen LogP contribution in [0.25, 0.3) is 0 Å². The van der Waals surface area contributed by atoms with E-state index in [0.717, 1.165) is 4.31 Å². The minimum Gasteiger partial charge on any atom is -0.195 e. The molecule has 13 heavy (non-hydrogen) atoms. The average Bonchev–Trinajstić information content (AvgIpc) is 1.98. The van der Waals surface area contributed by atoms with Gasteiger partial charge in [-0.1, -0.05) is 6.92 Å². The molecule has 4 nitrogen and oxygen atoms in total. The molecule has 0 rings (SSSR count). The summed E-state index contributed by atoms with van der Waals surface area (Å²) in [5.74, 6) is 0. The van der Waals surface area contributed by atoms with E-state index < -0.39 is 22.9 Å². The third kappa shape index (κ3) is 5.06. The molecule has 0 bridgehead atoms. The molecule has 0 atom stereocenters. The monoisotopic (exact) mass is 220 g/mol. The zero-order valence-corrected chi connectivity index (χ0v) is 8.04. The van der Waals surface area contributed by atoms with Gasteiger partial charge in [-0.05, 0) is 0 Å². The molecule has 0 aromatic heterocycles. The molecule has 0 aliphatic heterocycles. The molecule has 0 aliphatic carbocycles. The summed E-state index contributed by atoms with van der Waals surface area (Å²) in [6.07, 6.45) is -4.53. The molecule has 0 unspecified atom stereocenters. The summed E-state index contributed by atoms with van der Waals surface area (Å²) in [5, 5.41) is 0. The Morgan fingerprint density at radius 3 is 2.15 bits per heavy atom. The predicted molar refractivity (Wildman–Crippen MR) is 41.3 cm³/mol. The number of halogens is 3. The highest BCUT2D eigenvalue weighted by molar-refractivity contribution is 7.87. The van der Waals surface area contributed by atoms with E-state index in [1.807, 2.05) is 0 Å². The van der Waals surface area contributed by atoms with Gasteiger partial charge in [0.1, 0.15) is 6.54 Å². The lowest BCUT2D eigenvalue weighted by atomic mass is 10.7. The molecule has 0 fully saturated rings. The van der Waals surface area contributed by atoms with Crippen molar-refractivity contribution in [3.05, 3.63) is 0 Å². The van der Waals surface area contributed by atoms with E-state index in [2.05, 4.69) is 0 Å². The van der Waals surface area contributed by atoms with Crippen LogP contribution >= 0.6 is 0 Å². The van der Waals surface area contributed by atoms with Crippen molar-refractivity contribution in [2.24, 2.45) is 0 Å². The van der Waals surface area contributed by atoms with E-state index in [-0.39, 0.29) is 6.54 Å². The molecule has 0 aromatic rings. The third-order valence-electron chi connectivity index (χ3n) is 1.31. The highest BCUT2D eigenvalue weighted by atomic mass is 32.2. The lowest BCUT2D eigenvalue weighted by Crippen LogP contribution is -2.42. The van der Waals surface area contributed by atoms with Crippen LogP contribution in [0.5, 0.6) is 0 Å². The maximum Gasteiger partial charge on any atom is 0.402 e. The lowest BCUT2D eigenvalue weighted by Gasteiger charge is -2.16. The Morgan fingerprint density at radius 2 is 1.85 bits per heavy atom. The van der Waals surface area contributed by atoms with Crippen LogP contribution in [-0.4, -0.2) is 39.0 Å². The van der Waals surface area contributed by atoms with Crippen molar-refractivity contribution in [3.63, 3.8) is 0 Å². The number of rotatable bonds is 4. The van der Waals surface area contributed by atoms with Crippen LogP contribution in [0.4, 0.5) is 13.2 Å². The van der Waals surface area contributed by atoms with E-state index >= 15 is 0 Å². The molecule has 0 saturated heterocycles. The zero-order chi connectivity index (χ0) is 10.7. The van der Waals surface area contributed by atoms with Gasteiger partial charge in [0.25, 0.3) is 10.2 Å². The summed E-state index contributed by atoms with van der Waals surface area (Å²) in [5.41, 5.74) is 0. The molecule has 80 valence electrons. The van der Waals surface area contributed by atoms with Gasteiger partial charge in [-0.2, -0.15) is 30.6 Å². The van der Waals surface area contributed by atoms with Gasteiger partial charge in [0.2, 0.25) is 0 Å². The van der Waals surface area contributed by atoms with E-state index in [1.165, 1.54) is 18.7 Å². The molecular formula is C5H11F3N2O2S. The van der Waals surface area contributed by atoms with Gasteiger partial charge in [-0.15, -0.1) is 0 Å². The van der Waals surface area contributed by atoms with E-state index in [1.54, 1.807) is 0 Å². The number of hydrogen-bond acceptors (Lipinski definition) is 2. The summed E-state index contributed by atoms with van der Waals surface area (Å²) in [6.45, 7) is 0.0969. The first-order valence-corrected chi connectivity index (χ1v) is 4.90. The average molecular weight is 220 g/mol. The van der Waals surface area contributed by atoms with Crippen molar-refractivity contribution >= 4 is 10.2 Å². The molecule has 0 heterocycles. The van der Waals surface area contributed by atoms with Gasteiger partial charge in [0, 0.05) is 13.6 Å². The van der Waals surface area contributed by atoms with Crippen LogP contribution in [0.15, 0.2) is 0 Å². The second-order valence-electron chi connectivity index (χ2n) is 2.36. The third-order valence-corrected chi connectivity index (χ3v) is 2.90. The topological polar surface area (TPSA) is 49.4 Å². The van der Waals surface area contributed by atoms with Crippen molar-refractivity contribution in [1.82, 2.24) is 9.03 Å². The molecule has 1 N–H and O–H groups in total. The van der Waals surface area contributed by atoms with Gasteiger partial charge < -0.3 is 0 Å². The minimum absolute atomic E-state index is 0.118. The van der Waals surface area contributed by atoms with Crippen LogP contribution < -0.4 is 4.72 Å². The Morgan fingerprint density at radius 1 is 1.38 bits per heavy atom. The first-order valence-electron chi connectivity index (χ1n) is 3.46. The maximum atomic E-state index is 11.6. The first-order chi connectivity index (χ1) is 5.69. The molecule has 0 aliphatic rings. The largest absolute Gasteiger partial charge is 0.402 e. The molecule has 8 heteroatoms. The Hall–Kier alpha value is -0.340. The van der Waals surface area contributed by atoms with Crippen molar-refractivity contribution in [1.29, 1.82) is 0 Å². The van der Waals surface area contributed by atoms with E-state index in [9.17, 15) is 21.6 Å². The quantitative estimate of drug-likeness (QED) is 0.742. The maximum absolute atomic E-state index is 11.6. The van der Waals surface area contributed by atoms with Crippen molar-refractivity contribution in [2.45, 2.75) is 13.1 Å². The normalized spacial score (nSPS) is 13.7. The minimum atomic E-state index is -4.53. The van der Waals surface area contributed by atoms with E-state index in [0.29, 0.717) is 0 Å². The van der Waals surface area contributed by atoms with Crippen molar-refractivity contribution < 1.29 is 21.6 Å². The summed E-state index contributed by atoms with van der Waals surface area (Å²) >= 11 is 0. The van der Waals surface area contributed by atoms with Crippen LogP contribution in [0.2, 0.25) is 0 Å². The number of nitrogens with one attached hydrogen (secondary N) is 1. The molecule has 0 radical (unpaired) electrons. The fourth-order valence-corrected chi connectivity index (χ4v) is 1.36. The highest BCUT2D eigenvalue weighted by Crippen LogP contribution is 2.12. The Balaban J connectivity index is 4.21. The van der Waals surface area contributed by atoms with Crippen molar-refractivity contribution in [2.75, 3.05) is 20.1 Å². The number of alkyl halides is 3. The fraction of sp³-hybridized carbons (Fsp3) is 1.00. The molecular weight excluding hydrogens is 209 g/mol. The van der Waals surface area contributed by atoms with Crippen LogP contribution in [-0.2, 0) is 10.2 Å². The van der Waals surface area contributed by atoms with Crippen molar-refractivity contribution in [3.8, 4) is 0 Å². The zero-order valence-electron chi connectivity index (χ0n) is 7.22. The second kappa shape index (κ2) is 4.25. The summed E-state index contributed by atoms with van der Waals surface area (Å²) < 4.78 is 58.9. The standard InChI is InChI=1S/C5H11F3N2O2S/c1-3-10(2)13(11,12)9-4-5(6,7)8/h9H,3-4H2,1-2H3. The van der Waals surface area contributed by atoms with Crippen LogP contribution in [0, 0.1) is 0 Å². The number of nitrogens with zero attached hydrogens (tertiary/aromatic N) is 1. The predicted octanol–water partition coefficient (Wildman–Crippen LogP) is 0.335. The van der Waals surface area contributed by atoms with Crippen LogP contribution in [0.1, 0.15) is 6.92 Å². The SMILES string of the molecule is CCN(C)S(=O)(=O)NCC(F)(F)F. The summed E-state index contributed by atoms with van der Waals surface area (Å²) in [7, 11) is -2.79. The summed E-state index contributed by atoms with van der Waals surface area (Å²) in [6, 6.07) is 0. The molecule has 0 amide bonds. The smallest absolute Gasteiger partial charge is 0.195 e. The van der Waals surface area contributed by atoms with E-state index in [4.69, 9.17) is 0 Å². The van der Waals surface area contributed by atoms with Crippen LogP contribution in [0.3, 0.4) is 0 Å². The summed E-state index contributed by atoms with van der Waals surface area (Å²) in [4.78, 5) is 0. The molecule has 0 spiro atoms. The van der Waals surface area contributed by atoms with Gasteiger partial charge in [0.15, 0.2) is 0 Å². The Bertz CT molecular complexity index is 249. The highest BCUT2D eigenvalue weighted by Gasteiger charge is 2.30. The number of hydrogen-bond donors (Lipinski definition) is 1. The molecule has 0 aromatic carbocycles. The lowest BCUT2D eigenvalue weighted by molar-refractivity contribution is -0.121. The van der Waals surface area contributed by atoms with Gasteiger partial charge >= 0.3 is 6.18 Å². The van der Waals surface area contributed by atoms with Gasteiger partial charge in [0.05, 0.1) is 0 Å². The first kappa shape index (κ1) is 12.7. The molecule has 0 saturated carbocycles. The Labute approximate surface area is 74.9 Å². The van der Waals surface area contributed by atoms with Gasteiger partial charge in [-0.25, -0.2) is 0 Å². The van der Waals surface area contributed by atoms with Gasteiger partial charge in [-0.3, -0.25) is 0 Å².